The molecule has 0 atom stereocenters. The smallest absolute Gasteiger partial charge is 0.234 e. The fraction of sp³-hybridized carbons (Fsp3) is 0.545. The number of amides is 1. The first-order chi connectivity index (χ1) is 14.4. The third-order valence-corrected chi connectivity index (χ3v) is 6.56. The van der Waals surface area contributed by atoms with Gasteiger partial charge in [-0.25, -0.2) is 4.39 Å². The van der Waals surface area contributed by atoms with Gasteiger partial charge in [0.2, 0.25) is 5.91 Å². The minimum Gasteiger partial charge on any atom is -0.326 e. The molecule has 1 aromatic carbocycles. The first kappa shape index (κ1) is 22.3. The third kappa shape index (κ3) is 4.67. The molecule has 1 aliphatic carbocycles. The molecule has 30 heavy (non-hydrogen) atoms. The van der Waals surface area contributed by atoms with Gasteiger partial charge >= 0.3 is 0 Å². The average molecular weight is 430 g/mol. The maximum Gasteiger partial charge on any atom is 0.234 e. The van der Waals surface area contributed by atoms with Crippen molar-refractivity contribution < 1.29 is 9.18 Å². The zero-order chi connectivity index (χ0) is 21.7. The van der Waals surface area contributed by atoms with Crippen LogP contribution in [0.1, 0.15) is 46.0 Å². The van der Waals surface area contributed by atoms with Crippen molar-refractivity contribution in [2.45, 2.75) is 63.2 Å². The van der Waals surface area contributed by atoms with Gasteiger partial charge < -0.3 is 9.47 Å². The number of nitrogens with zero attached hydrogens (tertiary/aromatic N) is 5. The van der Waals surface area contributed by atoms with Crippen LogP contribution in [0.25, 0.3) is 11.4 Å². The highest BCUT2D eigenvalue weighted by Crippen LogP contribution is 2.33. The Balaban J connectivity index is 1.79. The minimum atomic E-state index is -0.709. The van der Waals surface area contributed by atoms with Crippen molar-refractivity contribution >= 4 is 17.7 Å². The van der Waals surface area contributed by atoms with E-state index >= 15 is 0 Å². The summed E-state index contributed by atoms with van der Waals surface area (Å²) in [5.74, 6) is 0.470. The van der Waals surface area contributed by atoms with Crippen LogP contribution in [-0.2, 0) is 11.3 Å². The second kappa shape index (κ2) is 9.61. The van der Waals surface area contributed by atoms with Crippen molar-refractivity contribution in [3.63, 3.8) is 0 Å². The van der Waals surface area contributed by atoms with Gasteiger partial charge in [0.05, 0.1) is 17.4 Å². The quantitative estimate of drug-likeness (QED) is 0.605. The SMILES string of the molecule is CC(C)Cn1c(SCC(=O)N(C)C2(C#N)CCCCC2)nnc1-c1ccccc1F. The summed E-state index contributed by atoms with van der Waals surface area (Å²) >= 11 is 1.29. The Morgan fingerprint density at radius 1 is 1.30 bits per heavy atom. The molecule has 8 heteroatoms. The van der Waals surface area contributed by atoms with E-state index in [4.69, 9.17) is 0 Å². The molecule has 3 rings (SSSR count). The lowest BCUT2D eigenvalue weighted by molar-refractivity contribution is -0.131. The van der Waals surface area contributed by atoms with Crippen LogP contribution in [0.3, 0.4) is 0 Å². The van der Waals surface area contributed by atoms with Gasteiger partial charge in [-0.2, -0.15) is 5.26 Å². The number of aromatic nitrogens is 3. The van der Waals surface area contributed by atoms with Crippen molar-refractivity contribution in [2.24, 2.45) is 5.92 Å². The van der Waals surface area contributed by atoms with Gasteiger partial charge in [0.25, 0.3) is 0 Å². The molecule has 1 fully saturated rings. The fourth-order valence-corrected chi connectivity index (χ4v) is 4.75. The van der Waals surface area contributed by atoms with Gasteiger partial charge in [0.15, 0.2) is 11.0 Å². The number of hydrogen-bond donors (Lipinski definition) is 0. The summed E-state index contributed by atoms with van der Waals surface area (Å²) in [6.45, 7) is 4.75. The van der Waals surface area contributed by atoms with Crippen molar-refractivity contribution in [2.75, 3.05) is 12.8 Å². The van der Waals surface area contributed by atoms with Crippen LogP contribution >= 0.6 is 11.8 Å². The molecule has 0 radical (unpaired) electrons. The second-order valence-electron chi connectivity index (χ2n) is 8.24. The largest absolute Gasteiger partial charge is 0.326 e. The normalized spacial score (nSPS) is 15.7. The van der Waals surface area contributed by atoms with Crippen LogP contribution in [0.2, 0.25) is 0 Å². The number of rotatable bonds is 7. The lowest BCUT2D eigenvalue weighted by atomic mass is 9.81. The van der Waals surface area contributed by atoms with Crippen LogP contribution < -0.4 is 0 Å². The molecule has 0 spiro atoms. The first-order valence-corrected chi connectivity index (χ1v) is 11.4. The zero-order valence-corrected chi connectivity index (χ0v) is 18.6. The van der Waals surface area contributed by atoms with Crippen LogP contribution in [0.5, 0.6) is 0 Å². The third-order valence-electron chi connectivity index (χ3n) is 5.61. The molecule has 6 nitrogen and oxygen atoms in total. The molecule has 160 valence electrons. The number of carbonyl (C=O) groups is 1. The monoisotopic (exact) mass is 429 g/mol. The van der Waals surface area contributed by atoms with E-state index in [1.54, 1.807) is 30.1 Å². The molecule has 0 aliphatic heterocycles. The molecular formula is C22H28FN5OS. The van der Waals surface area contributed by atoms with Gasteiger partial charge in [-0.3, -0.25) is 4.79 Å². The van der Waals surface area contributed by atoms with Crippen molar-refractivity contribution in [3.8, 4) is 17.5 Å². The molecule has 2 aromatic rings. The summed E-state index contributed by atoms with van der Waals surface area (Å²) in [6, 6.07) is 8.88. The van der Waals surface area contributed by atoms with Gasteiger partial charge in [-0.15, -0.1) is 10.2 Å². The van der Waals surface area contributed by atoms with E-state index in [2.05, 4.69) is 30.1 Å². The number of carbonyl (C=O) groups excluding carboxylic acids is 1. The Kier molecular flexibility index (Phi) is 7.14. The van der Waals surface area contributed by atoms with Gasteiger partial charge in [-0.05, 0) is 30.9 Å². The van der Waals surface area contributed by atoms with Gasteiger partial charge in [-0.1, -0.05) is 57.0 Å². The highest BCUT2D eigenvalue weighted by Gasteiger charge is 2.38. The lowest BCUT2D eigenvalue weighted by Crippen LogP contribution is -2.50. The standard InChI is InChI=1S/C22H28FN5OS/c1-16(2)13-28-20(17-9-5-6-10-18(17)23)25-26-21(28)30-14-19(29)27(3)22(15-24)11-7-4-8-12-22/h5-6,9-10,16H,4,7-8,11-14H2,1-3H3. The maximum absolute atomic E-state index is 14.3. The lowest BCUT2D eigenvalue weighted by Gasteiger charge is -2.39. The van der Waals surface area contributed by atoms with Gasteiger partial charge in [0.1, 0.15) is 11.4 Å². The Morgan fingerprint density at radius 2 is 2.00 bits per heavy atom. The summed E-state index contributed by atoms with van der Waals surface area (Å²) in [6.07, 6.45) is 4.48. The maximum atomic E-state index is 14.3. The summed E-state index contributed by atoms with van der Waals surface area (Å²) in [5, 5.41) is 18.8. The topological polar surface area (TPSA) is 74.8 Å². The van der Waals surface area contributed by atoms with Crippen molar-refractivity contribution in [3.05, 3.63) is 30.1 Å². The van der Waals surface area contributed by atoms with E-state index in [9.17, 15) is 14.4 Å². The fourth-order valence-electron chi connectivity index (χ4n) is 3.89. The Hall–Kier alpha value is -2.40. The second-order valence-corrected chi connectivity index (χ2v) is 9.18. The van der Waals surface area contributed by atoms with Crippen LogP contribution in [0, 0.1) is 23.1 Å². The number of nitriles is 1. The van der Waals surface area contributed by atoms with E-state index in [0.717, 1.165) is 32.1 Å². The summed E-state index contributed by atoms with van der Waals surface area (Å²) in [5.41, 5.74) is -0.314. The summed E-state index contributed by atoms with van der Waals surface area (Å²) in [7, 11) is 1.72. The predicted octanol–water partition coefficient (Wildman–Crippen LogP) is 4.52. The Morgan fingerprint density at radius 3 is 2.63 bits per heavy atom. The molecule has 0 unspecified atom stereocenters. The van der Waals surface area contributed by atoms with E-state index in [1.807, 2.05) is 4.57 Å². The number of benzene rings is 1. The molecule has 1 amide bonds. The highest BCUT2D eigenvalue weighted by atomic mass is 32.2. The summed E-state index contributed by atoms with van der Waals surface area (Å²) in [4.78, 5) is 14.5. The molecule has 1 aromatic heterocycles. The summed E-state index contributed by atoms with van der Waals surface area (Å²) < 4.78 is 16.2. The molecule has 0 bridgehead atoms. The average Bonchev–Trinajstić information content (AvgIpc) is 3.13. The number of thioether (sulfide) groups is 1. The van der Waals surface area contributed by atoms with E-state index in [-0.39, 0.29) is 17.5 Å². The van der Waals surface area contributed by atoms with Gasteiger partial charge in [0, 0.05) is 13.6 Å². The number of halogens is 1. The first-order valence-electron chi connectivity index (χ1n) is 10.4. The molecule has 0 saturated heterocycles. The van der Waals surface area contributed by atoms with Crippen LogP contribution in [0.4, 0.5) is 4.39 Å². The van der Waals surface area contributed by atoms with Crippen LogP contribution in [-0.4, -0.2) is 43.9 Å². The highest BCUT2D eigenvalue weighted by molar-refractivity contribution is 7.99. The molecule has 1 aliphatic rings. The zero-order valence-electron chi connectivity index (χ0n) is 17.8. The van der Waals surface area contributed by atoms with Crippen molar-refractivity contribution in [1.82, 2.24) is 19.7 Å². The van der Waals surface area contributed by atoms with E-state index in [0.29, 0.717) is 29.0 Å². The predicted molar refractivity (Wildman–Crippen MR) is 115 cm³/mol. The Bertz CT molecular complexity index is 930. The molecule has 1 saturated carbocycles. The molecular weight excluding hydrogens is 401 g/mol. The Labute approximate surface area is 181 Å². The van der Waals surface area contributed by atoms with Crippen molar-refractivity contribution in [1.29, 1.82) is 5.26 Å². The van der Waals surface area contributed by atoms with E-state index in [1.165, 1.54) is 17.8 Å². The molecule has 0 N–H and O–H groups in total. The number of hydrogen-bond acceptors (Lipinski definition) is 5. The minimum absolute atomic E-state index is 0.102. The molecule has 1 heterocycles. The van der Waals surface area contributed by atoms with Crippen LogP contribution in [0.15, 0.2) is 29.4 Å². The van der Waals surface area contributed by atoms with E-state index < -0.39 is 5.54 Å².